The van der Waals surface area contributed by atoms with E-state index < -0.39 is 4.92 Å². The van der Waals surface area contributed by atoms with E-state index in [0.29, 0.717) is 17.6 Å². The molecule has 0 bridgehead atoms. The van der Waals surface area contributed by atoms with Gasteiger partial charge < -0.3 is 10.2 Å². The molecular formula is C15H25N5O2. The summed E-state index contributed by atoms with van der Waals surface area (Å²) in [5, 5.41) is 14.2. The highest BCUT2D eigenvalue weighted by atomic mass is 16.6. The smallest absolute Gasteiger partial charge is 0.329 e. The molecule has 0 aromatic carbocycles. The molecule has 0 atom stereocenters. The largest absolute Gasteiger partial charge is 0.364 e. The summed E-state index contributed by atoms with van der Waals surface area (Å²) in [6.07, 6.45) is 6.08. The molecule has 1 saturated carbocycles. The average molecular weight is 307 g/mol. The van der Waals surface area contributed by atoms with Crippen molar-refractivity contribution in [2.24, 2.45) is 11.8 Å². The van der Waals surface area contributed by atoms with Gasteiger partial charge in [0.15, 0.2) is 0 Å². The van der Waals surface area contributed by atoms with Crippen LogP contribution in [0, 0.1) is 28.9 Å². The Morgan fingerprint density at radius 3 is 2.55 bits per heavy atom. The number of hydrogen-bond donors (Lipinski definition) is 1. The molecule has 0 saturated heterocycles. The van der Waals surface area contributed by atoms with E-state index in [1.54, 1.807) is 6.92 Å². The molecule has 1 fully saturated rings. The summed E-state index contributed by atoms with van der Waals surface area (Å²) in [5.74, 6) is 2.23. The van der Waals surface area contributed by atoms with Gasteiger partial charge in [0.25, 0.3) is 0 Å². The van der Waals surface area contributed by atoms with Gasteiger partial charge in [0.1, 0.15) is 12.0 Å². The fourth-order valence-electron chi connectivity index (χ4n) is 3.10. The Labute approximate surface area is 131 Å². The third-order valence-corrected chi connectivity index (χ3v) is 4.23. The summed E-state index contributed by atoms with van der Waals surface area (Å²) >= 11 is 0. The Bertz CT molecular complexity index is 513. The second kappa shape index (κ2) is 7.49. The summed E-state index contributed by atoms with van der Waals surface area (Å²) in [4.78, 5) is 20.9. The molecule has 0 aliphatic heterocycles. The number of rotatable bonds is 6. The molecule has 0 radical (unpaired) electrons. The predicted molar refractivity (Wildman–Crippen MR) is 85.9 cm³/mol. The number of nitro groups is 1. The average Bonchev–Trinajstić information content (AvgIpc) is 2.45. The molecule has 2 rings (SSSR count). The van der Waals surface area contributed by atoms with Gasteiger partial charge in [0.2, 0.25) is 5.82 Å². The Morgan fingerprint density at radius 1 is 1.32 bits per heavy atom. The van der Waals surface area contributed by atoms with Crippen molar-refractivity contribution in [2.45, 2.75) is 32.6 Å². The molecule has 1 aliphatic carbocycles. The molecule has 0 amide bonds. The Morgan fingerprint density at radius 2 is 1.95 bits per heavy atom. The highest BCUT2D eigenvalue weighted by molar-refractivity contribution is 5.54. The minimum atomic E-state index is -0.435. The van der Waals surface area contributed by atoms with Gasteiger partial charge in [-0.25, -0.2) is 9.97 Å². The van der Waals surface area contributed by atoms with Crippen LogP contribution < -0.4 is 5.32 Å². The zero-order chi connectivity index (χ0) is 16.1. The molecule has 0 spiro atoms. The number of anilines is 1. The quantitative estimate of drug-likeness (QED) is 0.642. The third-order valence-electron chi connectivity index (χ3n) is 4.23. The number of hydrogen-bond acceptors (Lipinski definition) is 6. The molecule has 1 aromatic heterocycles. The maximum atomic E-state index is 11.0. The van der Waals surface area contributed by atoms with Crippen LogP contribution >= 0.6 is 0 Å². The normalized spacial score (nSPS) is 21.8. The summed E-state index contributed by atoms with van der Waals surface area (Å²) < 4.78 is 0. The van der Waals surface area contributed by atoms with Crippen molar-refractivity contribution >= 4 is 11.5 Å². The van der Waals surface area contributed by atoms with Gasteiger partial charge in [-0.1, -0.05) is 0 Å². The maximum Gasteiger partial charge on any atom is 0.329 e. The van der Waals surface area contributed by atoms with E-state index in [1.807, 2.05) is 0 Å². The number of aromatic nitrogens is 2. The zero-order valence-electron chi connectivity index (χ0n) is 13.6. The molecule has 122 valence electrons. The van der Waals surface area contributed by atoms with Gasteiger partial charge in [-0.15, -0.1) is 0 Å². The van der Waals surface area contributed by atoms with Gasteiger partial charge in [0, 0.05) is 13.1 Å². The van der Waals surface area contributed by atoms with E-state index in [4.69, 9.17) is 0 Å². The first-order valence-electron chi connectivity index (χ1n) is 7.82. The van der Waals surface area contributed by atoms with Crippen molar-refractivity contribution < 1.29 is 4.92 Å². The zero-order valence-corrected chi connectivity index (χ0v) is 13.6. The van der Waals surface area contributed by atoms with Crippen molar-refractivity contribution in [3.05, 3.63) is 22.1 Å². The fraction of sp³-hybridized carbons (Fsp3) is 0.733. The van der Waals surface area contributed by atoms with Crippen LogP contribution in [0.25, 0.3) is 0 Å². The summed E-state index contributed by atoms with van der Waals surface area (Å²) in [7, 11) is 4.23. The highest BCUT2D eigenvalue weighted by Gasteiger charge is 2.23. The monoisotopic (exact) mass is 307 g/mol. The van der Waals surface area contributed by atoms with E-state index in [9.17, 15) is 10.1 Å². The highest BCUT2D eigenvalue weighted by Crippen LogP contribution is 2.30. The van der Waals surface area contributed by atoms with E-state index in [2.05, 4.69) is 34.3 Å². The minimum Gasteiger partial charge on any atom is -0.364 e. The summed E-state index contributed by atoms with van der Waals surface area (Å²) in [6.45, 7) is 3.63. The topological polar surface area (TPSA) is 84.2 Å². The Balaban J connectivity index is 1.87. The van der Waals surface area contributed by atoms with Gasteiger partial charge in [-0.05, 0) is 58.5 Å². The van der Waals surface area contributed by atoms with Crippen molar-refractivity contribution in [3.8, 4) is 0 Å². The van der Waals surface area contributed by atoms with Crippen LogP contribution in [0.15, 0.2) is 6.20 Å². The SMILES string of the molecule is Cc1ncc([N+](=O)[O-])c(NCC2CCC(CN(C)C)CC2)n1. The van der Waals surface area contributed by atoms with Crippen LogP contribution in [0.1, 0.15) is 31.5 Å². The van der Waals surface area contributed by atoms with Gasteiger partial charge in [0.05, 0.1) is 4.92 Å². The molecule has 22 heavy (non-hydrogen) atoms. The molecule has 1 aromatic rings. The standard InChI is InChI=1S/C15H25N5O2/c1-11-16-9-14(20(21)22)15(18-11)17-8-12-4-6-13(7-5-12)10-19(2)3/h9,12-13H,4-8,10H2,1-3H3,(H,16,17,18). The lowest BCUT2D eigenvalue weighted by Gasteiger charge is -2.30. The van der Waals surface area contributed by atoms with E-state index in [1.165, 1.54) is 31.9 Å². The van der Waals surface area contributed by atoms with Crippen LogP contribution in [0.5, 0.6) is 0 Å². The van der Waals surface area contributed by atoms with Crippen molar-refractivity contribution in [1.29, 1.82) is 0 Å². The number of aryl methyl sites for hydroxylation is 1. The Kier molecular flexibility index (Phi) is 5.65. The molecule has 1 heterocycles. The van der Waals surface area contributed by atoms with Crippen LogP contribution in [-0.4, -0.2) is 47.0 Å². The van der Waals surface area contributed by atoms with Crippen LogP contribution in [0.2, 0.25) is 0 Å². The molecule has 7 heteroatoms. The minimum absolute atomic E-state index is 0.0492. The first kappa shape index (κ1) is 16.6. The van der Waals surface area contributed by atoms with Crippen molar-refractivity contribution in [2.75, 3.05) is 32.5 Å². The molecular weight excluding hydrogens is 282 g/mol. The number of nitrogens with zero attached hydrogens (tertiary/aromatic N) is 4. The second-order valence-electron chi connectivity index (χ2n) is 6.44. The molecule has 7 nitrogen and oxygen atoms in total. The maximum absolute atomic E-state index is 11.0. The molecule has 0 unspecified atom stereocenters. The van der Waals surface area contributed by atoms with E-state index in [-0.39, 0.29) is 5.69 Å². The van der Waals surface area contributed by atoms with Crippen molar-refractivity contribution in [1.82, 2.24) is 14.9 Å². The lowest BCUT2D eigenvalue weighted by molar-refractivity contribution is -0.384. The predicted octanol–water partition coefficient (Wildman–Crippen LogP) is 2.47. The first-order valence-corrected chi connectivity index (χ1v) is 7.82. The lowest BCUT2D eigenvalue weighted by Crippen LogP contribution is -2.28. The van der Waals surface area contributed by atoms with Crippen molar-refractivity contribution in [3.63, 3.8) is 0 Å². The molecule has 1 N–H and O–H groups in total. The lowest BCUT2D eigenvalue weighted by atomic mass is 9.82. The summed E-state index contributed by atoms with van der Waals surface area (Å²) in [6, 6.07) is 0. The van der Waals surface area contributed by atoms with Gasteiger partial charge >= 0.3 is 5.69 Å². The second-order valence-corrected chi connectivity index (χ2v) is 6.44. The van der Waals surface area contributed by atoms with Crippen LogP contribution in [0.4, 0.5) is 11.5 Å². The fourth-order valence-corrected chi connectivity index (χ4v) is 3.10. The third kappa shape index (κ3) is 4.62. The Hall–Kier alpha value is -1.76. The van der Waals surface area contributed by atoms with Crippen LogP contribution in [-0.2, 0) is 0 Å². The van der Waals surface area contributed by atoms with Gasteiger partial charge in [-0.2, -0.15) is 0 Å². The van der Waals surface area contributed by atoms with Crippen LogP contribution in [0.3, 0.4) is 0 Å². The van der Waals surface area contributed by atoms with E-state index in [0.717, 1.165) is 19.0 Å². The first-order chi connectivity index (χ1) is 10.5. The molecule has 1 aliphatic rings. The van der Waals surface area contributed by atoms with E-state index >= 15 is 0 Å². The number of nitrogens with one attached hydrogen (secondary N) is 1. The van der Waals surface area contributed by atoms with Gasteiger partial charge in [-0.3, -0.25) is 10.1 Å². The summed E-state index contributed by atoms with van der Waals surface area (Å²) in [5.41, 5.74) is -0.0492.